The number of carboxylic acid groups (broad SMARTS) is 1. The van der Waals surface area contributed by atoms with Gasteiger partial charge in [-0.15, -0.1) is 0 Å². The van der Waals surface area contributed by atoms with Gasteiger partial charge in [-0.2, -0.15) is 5.10 Å². The maximum absolute atomic E-state index is 12.2. The molecular formula is C25H21N3O5. The minimum absolute atomic E-state index is 0.0231. The third-order valence-corrected chi connectivity index (χ3v) is 4.70. The molecule has 4 rings (SSSR count). The number of nitrogens with zero attached hydrogens (tertiary/aromatic N) is 3. The number of benzene rings is 3. The molecule has 166 valence electrons. The number of carbonyl (C=O) groups excluding carboxylic acids is 1. The summed E-state index contributed by atoms with van der Waals surface area (Å²) < 4.78 is 11.8. The van der Waals surface area contributed by atoms with Gasteiger partial charge in [-0.3, -0.25) is 0 Å². The maximum atomic E-state index is 12.2. The van der Waals surface area contributed by atoms with Gasteiger partial charge < -0.3 is 14.6 Å². The molecular weight excluding hydrogens is 422 g/mol. The van der Waals surface area contributed by atoms with Crippen LogP contribution in [0.15, 0.2) is 97.1 Å². The standard InChI is InChI=1S/C25H21N3O5/c29-24(30)27(20-10-4-1-5-11-20)23-18-19(26-28(23)21-12-6-2-7-13-21)16-17-32-25(31)33-22-14-8-3-9-15-22/h1-15,18H,16-17H2,(H,29,30). The lowest BCUT2D eigenvalue weighted by atomic mass is 10.2. The van der Waals surface area contributed by atoms with Crippen LogP contribution < -0.4 is 9.64 Å². The number of para-hydroxylation sites is 3. The number of aromatic nitrogens is 2. The summed E-state index contributed by atoms with van der Waals surface area (Å²) in [5, 5.41) is 14.5. The molecule has 0 aliphatic rings. The van der Waals surface area contributed by atoms with E-state index in [0.717, 1.165) is 4.90 Å². The van der Waals surface area contributed by atoms with Crippen molar-refractivity contribution in [3.63, 3.8) is 0 Å². The van der Waals surface area contributed by atoms with Crippen molar-refractivity contribution in [1.29, 1.82) is 0 Å². The largest absolute Gasteiger partial charge is 0.513 e. The number of ether oxygens (including phenoxy) is 2. The Balaban J connectivity index is 1.55. The second kappa shape index (κ2) is 10.1. The lowest BCUT2D eigenvalue weighted by molar-refractivity contribution is 0.0999. The molecule has 0 bridgehead atoms. The monoisotopic (exact) mass is 443 g/mol. The van der Waals surface area contributed by atoms with Crippen LogP contribution in [0.2, 0.25) is 0 Å². The summed E-state index contributed by atoms with van der Waals surface area (Å²) in [5.41, 5.74) is 1.74. The molecule has 8 nitrogen and oxygen atoms in total. The second-order valence-electron chi connectivity index (χ2n) is 6.96. The van der Waals surface area contributed by atoms with Crippen LogP contribution in [0.3, 0.4) is 0 Å². The fraction of sp³-hybridized carbons (Fsp3) is 0.0800. The predicted molar refractivity (Wildman–Crippen MR) is 122 cm³/mol. The third-order valence-electron chi connectivity index (χ3n) is 4.70. The summed E-state index contributed by atoms with van der Waals surface area (Å²) in [6, 6.07) is 28.3. The van der Waals surface area contributed by atoms with Crippen LogP contribution in [-0.2, 0) is 11.2 Å². The second-order valence-corrected chi connectivity index (χ2v) is 6.96. The molecule has 1 aromatic heterocycles. The molecule has 0 spiro atoms. The topological polar surface area (TPSA) is 93.9 Å². The van der Waals surface area contributed by atoms with Crippen molar-refractivity contribution >= 4 is 23.8 Å². The molecule has 0 saturated carbocycles. The highest BCUT2D eigenvalue weighted by Crippen LogP contribution is 2.29. The molecule has 33 heavy (non-hydrogen) atoms. The van der Waals surface area contributed by atoms with Gasteiger partial charge in [0, 0.05) is 12.5 Å². The molecule has 4 aromatic rings. The van der Waals surface area contributed by atoms with Gasteiger partial charge in [0.2, 0.25) is 0 Å². The Morgan fingerprint density at radius 3 is 2.12 bits per heavy atom. The minimum Gasteiger partial charge on any atom is -0.464 e. The van der Waals surface area contributed by atoms with Crippen molar-refractivity contribution in [1.82, 2.24) is 9.78 Å². The van der Waals surface area contributed by atoms with Crippen molar-refractivity contribution in [3.05, 3.63) is 103 Å². The Morgan fingerprint density at radius 1 is 0.879 bits per heavy atom. The highest BCUT2D eigenvalue weighted by Gasteiger charge is 2.23. The van der Waals surface area contributed by atoms with E-state index in [9.17, 15) is 14.7 Å². The fourth-order valence-corrected chi connectivity index (χ4v) is 3.23. The van der Waals surface area contributed by atoms with Gasteiger partial charge in [0.15, 0.2) is 0 Å². The Bertz CT molecular complexity index is 1210. The first kappa shape index (κ1) is 21.6. The zero-order valence-electron chi connectivity index (χ0n) is 17.6. The zero-order valence-corrected chi connectivity index (χ0v) is 17.6. The van der Waals surface area contributed by atoms with Gasteiger partial charge in [0.25, 0.3) is 0 Å². The first-order chi connectivity index (χ1) is 16.1. The summed E-state index contributed by atoms with van der Waals surface area (Å²) >= 11 is 0. The van der Waals surface area contributed by atoms with Crippen LogP contribution >= 0.6 is 0 Å². The molecule has 0 atom stereocenters. The van der Waals surface area contributed by atoms with Gasteiger partial charge in [0.05, 0.1) is 17.1 Å². The molecule has 0 unspecified atom stereocenters. The molecule has 0 radical (unpaired) electrons. The van der Waals surface area contributed by atoms with Crippen molar-refractivity contribution in [3.8, 4) is 11.4 Å². The summed E-state index contributed by atoms with van der Waals surface area (Å²) in [6.07, 6.45) is -1.69. The first-order valence-corrected chi connectivity index (χ1v) is 10.2. The van der Waals surface area contributed by atoms with Crippen molar-refractivity contribution in [2.75, 3.05) is 11.5 Å². The van der Waals surface area contributed by atoms with Gasteiger partial charge in [-0.1, -0.05) is 54.6 Å². The average molecular weight is 443 g/mol. The van der Waals surface area contributed by atoms with Crippen molar-refractivity contribution < 1.29 is 24.2 Å². The van der Waals surface area contributed by atoms with E-state index in [1.54, 1.807) is 59.3 Å². The fourth-order valence-electron chi connectivity index (χ4n) is 3.23. The van der Waals surface area contributed by atoms with Gasteiger partial charge in [-0.25, -0.2) is 19.2 Å². The van der Waals surface area contributed by atoms with Crippen LogP contribution in [0, 0.1) is 0 Å². The average Bonchev–Trinajstić information content (AvgIpc) is 3.24. The molecule has 3 aromatic carbocycles. The van der Waals surface area contributed by atoms with Gasteiger partial charge >= 0.3 is 12.2 Å². The summed E-state index contributed by atoms with van der Waals surface area (Å²) in [5.74, 6) is 0.736. The van der Waals surface area contributed by atoms with Crippen LogP contribution in [0.1, 0.15) is 5.69 Å². The Hall–Kier alpha value is -4.59. The van der Waals surface area contributed by atoms with Crippen LogP contribution in [0.4, 0.5) is 21.1 Å². The summed E-state index contributed by atoms with van der Waals surface area (Å²) in [7, 11) is 0. The maximum Gasteiger partial charge on any atom is 0.513 e. The Labute approximate surface area is 190 Å². The number of hydrogen-bond acceptors (Lipinski definition) is 5. The number of anilines is 2. The van der Waals surface area contributed by atoms with Crippen LogP contribution in [-0.4, -0.2) is 33.7 Å². The highest BCUT2D eigenvalue weighted by molar-refractivity contribution is 5.94. The predicted octanol–water partition coefficient (Wildman–Crippen LogP) is 5.45. The van der Waals surface area contributed by atoms with E-state index in [0.29, 0.717) is 28.6 Å². The van der Waals surface area contributed by atoms with Crippen molar-refractivity contribution in [2.45, 2.75) is 6.42 Å². The molecule has 1 heterocycles. The van der Waals surface area contributed by atoms with E-state index in [-0.39, 0.29) is 13.0 Å². The number of rotatable bonds is 7. The lowest BCUT2D eigenvalue weighted by Gasteiger charge is -2.20. The Kier molecular flexibility index (Phi) is 6.65. The summed E-state index contributed by atoms with van der Waals surface area (Å²) in [6.45, 7) is 0.0231. The molecule has 1 amide bonds. The first-order valence-electron chi connectivity index (χ1n) is 10.2. The molecule has 8 heteroatoms. The Morgan fingerprint density at radius 2 is 1.48 bits per heavy atom. The van der Waals surface area contributed by atoms with E-state index in [1.165, 1.54) is 0 Å². The molecule has 0 fully saturated rings. The van der Waals surface area contributed by atoms with E-state index in [4.69, 9.17) is 9.47 Å². The van der Waals surface area contributed by atoms with Crippen LogP contribution in [0.5, 0.6) is 5.75 Å². The quantitative estimate of drug-likeness (QED) is 0.302. The normalized spacial score (nSPS) is 10.4. The van der Waals surface area contributed by atoms with Crippen molar-refractivity contribution in [2.24, 2.45) is 0 Å². The number of carbonyl (C=O) groups is 2. The lowest BCUT2D eigenvalue weighted by Crippen LogP contribution is -2.26. The minimum atomic E-state index is -1.15. The molecule has 0 aliphatic heterocycles. The molecule has 1 N–H and O–H groups in total. The molecule has 0 aliphatic carbocycles. The van der Waals surface area contributed by atoms with E-state index < -0.39 is 12.2 Å². The highest BCUT2D eigenvalue weighted by atomic mass is 16.7. The summed E-state index contributed by atoms with van der Waals surface area (Å²) in [4.78, 5) is 25.3. The SMILES string of the molecule is O=C(OCCc1cc(N(C(=O)O)c2ccccc2)n(-c2ccccc2)n1)Oc1ccccc1. The third kappa shape index (κ3) is 5.37. The number of hydrogen-bond donors (Lipinski definition) is 1. The van der Waals surface area contributed by atoms with Gasteiger partial charge in [0.1, 0.15) is 18.2 Å². The molecule has 0 saturated heterocycles. The zero-order chi connectivity index (χ0) is 23.0. The smallest absolute Gasteiger partial charge is 0.464 e. The van der Waals surface area contributed by atoms with E-state index in [2.05, 4.69) is 5.10 Å². The van der Waals surface area contributed by atoms with E-state index in [1.807, 2.05) is 42.5 Å². The van der Waals surface area contributed by atoms with E-state index >= 15 is 0 Å². The number of amides is 1. The van der Waals surface area contributed by atoms with Gasteiger partial charge in [-0.05, 0) is 36.4 Å². The van der Waals surface area contributed by atoms with Crippen LogP contribution in [0.25, 0.3) is 5.69 Å².